The zero-order chi connectivity index (χ0) is 18.0. The van der Waals surface area contributed by atoms with Crippen LogP contribution in [-0.4, -0.2) is 33.7 Å². The molecule has 1 aromatic rings. The molecule has 0 radical (unpaired) electrons. The summed E-state index contributed by atoms with van der Waals surface area (Å²) in [7, 11) is 0. The minimum absolute atomic E-state index is 0.0301. The minimum Gasteiger partial charge on any atom is -0.342 e. The van der Waals surface area contributed by atoms with Gasteiger partial charge in [-0.2, -0.15) is 5.10 Å². The van der Waals surface area contributed by atoms with Crippen molar-refractivity contribution in [3.8, 4) is 0 Å². The van der Waals surface area contributed by atoms with Crippen LogP contribution in [0.2, 0.25) is 0 Å². The maximum atomic E-state index is 12.5. The van der Waals surface area contributed by atoms with Crippen LogP contribution in [0.3, 0.4) is 0 Å². The van der Waals surface area contributed by atoms with Crippen LogP contribution >= 0.6 is 0 Å². The Labute approximate surface area is 150 Å². The Hall–Kier alpha value is -1.65. The highest BCUT2D eigenvalue weighted by molar-refractivity contribution is 5.79. The molecule has 1 saturated heterocycles. The van der Waals surface area contributed by atoms with E-state index in [0.29, 0.717) is 18.4 Å². The van der Waals surface area contributed by atoms with Gasteiger partial charge in [-0.05, 0) is 37.7 Å². The molecule has 0 spiro atoms. The summed E-state index contributed by atoms with van der Waals surface area (Å²) in [4.78, 5) is 26.7. The van der Waals surface area contributed by atoms with E-state index in [9.17, 15) is 9.59 Å². The van der Waals surface area contributed by atoms with Crippen LogP contribution < -0.4 is 5.56 Å². The lowest BCUT2D eigenvalue weighted by Gasteiger charge is -2.33. The molecule has 5 heteroatoms. The molecular weight excluding hydrogens is 314 g/mol. The van der Waals surface area contributed by atoms with E-state index in [1.165, 1.54) is 12.8 Å². The predicted octanol–water partition coefficient (Wildman–Crippen LogP) is 2.97. The molecule has 2 fully saturated rings. The third kappa shape index (κ3) is 4.31. The highest BCUT2D eigenvalue weighted by Crippen LogP contribution is 2.28. The number of hydrogen-bond donors (Lipinski definition) is 0. The summed E-state index contributed by atoms with van der Waals surface area (Å²) in [5, 5.41) is 4.58. The van der Waals surface area contributed by atoms with E-state index < -0.39 is 0 Å². The normalized spacial score (nSPS) is 20.2. The first kappa shape index (κ1) is 18.2. The monoisotopic (exact) mass is 345 g/mol. The van der Waals surface area contributed by atoms with E-state index >= 15 is 0 Å². The van der Waals surface area contributed by atoms with Crippen molar-refractivity contribution in [2.45, 2.75) is 71.3 Å². The fourth-order valence-electron chi connectivity index (χ4n) is 3.99. The average molecular weight is 345 g/mol. The SMILES string of the molecule is CC(C)(C)c1ccc(=O)n(CC2CCN(C(=O)C3CCCC3)CC2)n1. The maximum Gasteiger partial charge on any atom is 0.266 e. The molecular formula is C20H31N3O2. The van der Waals surface area contributed by atoms with Crippen molar-refractivity contribution in [3.63, 3.8) is 0 Å². The van der Waals surface area contributed by atoms with Crippen molar-refractivity contribution >= 4 is 5.91 Å². The van der Waals surface area contributed by atoms with Crippen molar-refractivity contribution in [1.29, 1.82) is 0 Å². The fourth-order valence-corrected chi connectivity index (χ4v) is 3.99. The largest absolute Gasteiger partial charge is 0.342 e. The Morgan fingerprint density at radius 3 is 2.36 bits per heavy atom. The summed E-state index contributed by atoms with van der Waals surface area (Å²) in [5.74, 6) is 1.05. The summed E-state index contributed by atoms with van der Waals surface area (Å²) in [6.07, 6.45) is 6.46. The van der Waals surface area contributed by atoms with Crippen molar-refractivity contribution in [2.24, 2.45) is 11.8 Å². The van der Waals surface area contributed by atoms with Gasteiger partial charge in [0.2, 0.25) is 5.91 Å². The number of aromatic nitrogens is 2. The van der Waals surface area contributed by atoms with Crippen molar-refractivity contribution in [1.82, 2.24) is 14.7 Å². The maximum absolute atomic E-state index is 12.5. The lowest BCUT2D eigenvalue weighted by atomic mass is 9.92. The molecule has 0 aromatic carbocycles. The van der Waals surface area contributed by atoms with E-state index in [1.807, 2.05) is 11.0 Å². The van der Waals surface area contributed by atoms with Crippen LogP contribution in [0.15, 0.2) is 16.9 Å². The average Bonchev–Trinajstić information content (AvgIpc) is 3.10. The van der Waals surface area contributed by atoms with Crippen LogP contribution in [0.5, 0.6) is 0 Å². The number of nitrogens with zero attached hydrogens (tertiary/aromatic N) is 3. The molecule has 25 heavy (non-hydrogen) atoms. The lowest BCUT2D eigenvalue weighted by molar-refractivity contribution is -0.136. The molecule has 1 saturated carbocycles. The number of hydrogen-bond acceptors (Lipinski definition) is 3. The lowest BCUT2D eigenvalue weighted by Crippen LogP contribution is -2.42. The van der Waals surface area contributed by atoms with Gasteiger partial charge in [0, 0.05) is 37.0 Å². The van der Waals surface area contributed by atoms with Gasteiger partial charge in [-0.25, -0.2) is 4.68 Å². The zero-order valence-corrected chi connectivity index (χ0v) is 15.8. The molecule has 2 heterocycles. The molecule has 1 aliphatic carbocycles. The van der Waals surface area contributed by atoms with E-state index in [2.05, 4.69) is 25.9 Å². The van der Waals surface area contributed by atoms with Crippen LogP contribution in [-0.2, 0) is 16.8 Å². The molecule has 0 unspecified atom stereocenters. The van der Waals surface area contributed by atoms with Crippen molar-refractivity contribution in [2.75, 3.05) is 13.1 Å². The Bertz CT molecular complexity index is 660. The molecule has 1 aromatic heterocycles. The third-order valence-electron chi connectivity index (χ3n) is 5.70. The van der Waals surface area contributed by atoms with Crippen LogP contribution in [0.25, 0.3) is 0 Å². The third-order valence-corrected chi connectivity index (χ3v) is 5.70. The highest BCUT2D eigenvalue weighted by atomic mass is 16.2. The van der Waals surface area contributed by atoms with Gasteiger partial charge < -0.3 is 4.90 Å². The topological polar surface area (TPSA) is 55.2 Å². The highest BCUT2D eigenvalue weighted by Gasteiger charge is 2.30. The number of amides is 1. The Morgan fingerprint density at radius 2 is 1.76 bits per heavy atom. The summed E-state index contributed by atoms with van der Waals surface area (Å²) < 4.78 is 1.62. The van der Waals surface area contributed by atoms with E-state index in [0.717, 1.165) is 44.5 Å². The quantitative estimate of drug-likeness (QED) is 0.846. The molecule has 2 aliphatic rings. The Kier molecular flexibility index (Phi) is 5.30. The van der Waals surface area contributed by atoms with Crippen LogP contribution in [0.1, 0.15) is 65.0 Å². The second-order valence-electron chi connectivity index (χ2n) is 8.74. The number of carbonyl (C=O) groups is 1. The first-order valence-corrected chi connectivity index (χ1v) is 9.72. The van der Waals surface area contributed by atoms with Gasteiger partial charge in [0.25, 0.3) is 5.56 Å². The summed E-state index contributed by atoms with van der Waals surface area (Å²) in [6, 6.07) is 3.47. The Balaban J connectivity index is 1.59. The smallest absolute Gasteiger partial charge is 0.266 e. The standard InChI is InChI=1S/C20H31N3O2/c1-20(2,3)17-8-9-18(24)23(21-17)14-15-10-12-22(13-11-15)19(25)16-6-4-5-7-16/h8-9,15-16H,4-7,10-14H2,1-3H3. The number of likely N-dealkylation sites (tertiary alicyclic amines) is 1. The molecule has 138 valence electrons. The first-order valence-electron chi connectivity index (χ1n) is 9.72. The predicted molar refractivity (Wildman–Crippen MR) is 98.5 cm³/mol. The summed E-state index contributed by atoms with van der Waals surface area (Å²) in [5.41, 5.74) is 0.852. The Morgan fingerprint density at radius 1 is 1.12 bits per heavy atom. The molecule has 0 atom stereocenters. The number of piperidine rings is 1. The minimum atomic E-state index is -0.0630. The first-order chi connectivity index (χ1) is 11.8. The van der Waals surface area contributed by atoms with Gasteiger partial charge in [0.15, 0.2) is 0 Å². The second kappa shape index (κ2) is 7.30. The molecule has 1 aliphatic heterocycles. The van der Waals surface area contributed by atoms with Gasteiger partial charge in [0.05, 0.1) is 5.69 Å². The fraction of sp³-hybridized carbons (Fsp3) is 0.750. The van der Waals surface area contributed by atoms with Gasteiger partial charge in [-0.3, -0.25) is 9.59 Å². The molecule has 0 bridgehead atoms. The molecule has 5 nitrogen and oxygen atoms in total. The van der Waals surface area contributed by atoms with Gasteiger partial charge >= 0.3 is 0 Å². The van der Waals surface area contributed by atoms with Crippen molar-refractivity contribution < 1.29 is 4.79 Å². The molecule has 1 amide bonds. The van der Waals surface area contributed by atoms with Gasteiger partial charge in [-0.1, -0.05) is 33.6 Å². The van der Waals surface area contributed by atoms with E-state index in [1.54, 1.807) is 10.7 Å². The van der Waals surface area contributed by atoms with Crippen molar-refractivity contribution in [3.05, 3.63) is 28.2 Å². The van der Waals surface area contributed by atoms with Crippen LogP contribution in [0.4, 0.5) is 0 Å². The summed E-state index contributed by atoms with van der Waals surface area (Å²) in [6.45, 7) is 8.64. The molecule has 0 N–H and O–H groups in total. The number of rotatable bonds is 3. The second-order valence-corrected chi connectivity index (χ2v) is 8.74. The van der Waals surface area contributed by atoms with Gasteiger partial charge in [-0.15, -0.1) is 0 Å². The zero-order valence-electron chi connectivity index (χ0n) is 15.8. The van der Waals surface area contributed by atoms with Gasteiger partial charge in [0.1, 0.15) is 0 Å². The van der Waals surface area contributed by atoms with Crippen LogP contribution in [0, 0.1) is 11.8 Å². The van der Waals surface area contributed by atoms with E-state index in [-0.39, 0.29) is 16.9 Å². The number of carbonyl (C=O) groups excluding carboxylic acids is 1. The molecule has 3 rings (SSSR count). The summed E-state index contributed by atoms with van der Waals surface area (Å²) >= 11 is 0. The van der Waals surface area contributed by atoms with E-state index in [4.69, 9.17) is 0 Å².